The van der Waals surface area contributed by atoms with Crippen molar-refractivity contribution >= 4 is 35.8 Å². The lowest BCUT2D eigenvalue weighted by Gasteiger charge is -2.25. The highest BCUT2D eigenvalue weighted by atomic mass is 16.6. The Labute approximate surface area is 512 Å². The third-order valence-corrected chi connectivity index (χ3v) is 12.3. The lowest BCUT2D eigenvalue weighted by atomic mass is 10.0. The van der Waals surface area contributed by atoms with E-state index in [1.807, 2.05) is 56.3 Å². The van der Waals surface area contributed by atoms with Gasteiger partial charge in [-0.1, -0.05) is 68.4 Å². The van der Waals surface area contributed by atoms with Gasteiger partial charge in [0, 0.05) is 29.8 Å². The Balaban J connectivity index is 0.000000349. The molecule has 5 aromatic rings. The standard InChI is InChI=1S/C24H36N2O8.C23H21NO4.C19H27NO6/c1-14-12-17(27)19(29)18(28)13-15(14)20(30)26-16(21(31)33-23(2,3)4)10-8-9-11-25-22(32)34-24(5,6)7;1-15-11-20(25)22(27)21(26)13-19(15)23(28)24-14-18-9-7-17(8-10-18)12-16-5-3-2-4-6-16;1-10(2)7-13(18(25)26-19(4,5)6)20-17(24)12-9-15(22)16(23)14(21)8-11(12)3/h12-13,16H,8-11H2,1-7H3,(H,25,32)(H,26,30)(H2,27,28,29);2-11,13H,12,14H2,1H3,(H,24,28)(H2,25,26,27);8-10,13H,7H2,1-6H3,(H,20,24)(H2,21,22,23). The molecule has 2 unspecified atom stereocenters. The average molecular weight is 1220 g/mol. The second-order valence-corrected chi connectivity index (χ2v) is 24.3. The number of benzene rings is 2. The van der Waals surface area contributed by atoms with Gasteiger partial charge in [-0.2, -0.15) is 0 Å². The van der Waals surface area contributed by atoms with Gasteiger partial charge < -0.3 is 66.1 Å². The van der Waals surface area contributed by atoms with Gasteiger partial charge in [0.05, 0.1) is 0 Å². The van der Waals surface area contributed by atoms with Crippen LogP contribution in [0, 0.1) is 26.7 Å². The fourth-order valence-electron chi connectivity index (χ4n) is 8.11. The van der Waals surface area contributed by atoms with E-state index in [2.05, 4.69) is 33.4 Å². The number of unbranched alkanes of at least 4 members (excludes halogenated alkanes) is 1. The van der Waals surface area contributed by atoms with E-state index in [0.29, 0.717) is 37.9 Å². The maximum absolute atomic E-state index is 12.9. The molecule has 10 N–H and O–H groups in total. The highest BCUT2D eigenvalue weighted by Gasteiger charge is 2.30. The molecule has 0 aliphatic rings. The fraction of sp³-hybridized carbons (Fsp3) is 0.409. The van der Waals surface area contributed by atoms with Crippen LogP contribution in [-0.2, 0) is 36.8 Å². The van der Waals surface area contributed by atoms with E-state index in [-0.39, 0.29) is 40.2 Å². The van der Waals surface area contributed by atoms with Gasteiger partial charge in [0.15, 0.2) is 17.2 Å². The molecule has 4 amide bonds. The molecule has 0 aromatic heterocycles. The quantitative estimate of drug-likeness (QED) is 0.0223. The number of carbonyl (C=O) groups is 6. The second kappa shape index (κ2) is 32.3. The molecule has 0 fully saturated rings. The first kappa shape index (κ1) is 72.8. The van der Waals surface area contributed by atoms with Crippen LogP contribution in [0.5, 0.6) is 34.5 Å². The van der Waals surface area contributed by atoms with Gasteiger partial charge in [-0.15, -0.1) is 0 Å². The summed E-state index contributed by atoms with van der Waals surface area (Å²) in [6, 6.07) is 22.5. The summed E-state index contributed by atoms with van der Waals surface area (Å²) < 4.78 is 15.9. The first-order valence-corrected chi connectivity index (χ1v) is 28.4. The van der Waals surface area contributed by atoms with Crippen LogP contribution in [0.25, 0.3) is 0 Å². The minimum absolute atomic E-state index is 0.0165. The maximum Gasteiger partial charge on any atom is 0.407 e. The molecule has 88 heavy (non-hydrogen) atoms. The van der Waals surface area contributed by atoms with Crippen LogP contribution in [0.4, 0.5) is 4.79 Å². The van der Waals surface area contributed by atoms with E-state index in [9.17, 15) is 73.8 Å². The van der Waals surface area contributed by atoms with Crippen LogP contribution in [0.15, 0.2) is 105 Å². The monoisotopic (exact) mass is 1220 g/mol. The van der Waals surface area contributed by atoms with E-state index >= 15 is 0 Å². The Bertz CT molecular complexity index is 3480. The van der Waals surface area contributed by atoms with E-state index < -0.39 is 115 Å². The molecule has 5 rings (SSSR count). The first-order chi connectivity index (χ1) is 40.7. The third-order valence-electron chi connectivity index (χ3n) is 12.3. The van der Waals surface area contributed by atoms with E-state index in [0.717, 1.165) is 48.4 Å². The second-order valence-electron chi connectivity index (χ2n) is 24.3. The van der Waals surface area contributed by atoms with Crippen molar-refractivity contribution in [3.05, 3.63) is 172 Å². The van der Waals surface area contributed by atoms with Crippen LogP contribution in [0.3, 0.4) is 0 Å². The summed E-state index contributed by atoms with van der Waals surface area (Å²) >= 11 is 0. The molecule has 2 atom stereocenters. The van der Waals surface area contributed by atoms with Crippen molar-refractivity contribution in [2.24, 2.45) is 5.92 Å². The van der Waals surface area contributed by atoms with Crippen molar-refractivity contribution in [3.63, 3.8) is 0 Å². The molecule has 22 nitrogen and oxygen atoms in total. The lowest BCUT2D eigenvalue weighted by Crippen LogP contribution is -2.45. The SMILES string of the molecule is Cc1cc(=O)c(O)c(O)cc1C(=O)NC(CC(C)C)C(=O)OC(C)(C)C.Cc1cc(=O)c(O)c(O)cc1C(=O)NC(CCCCNC(=O)OC(C)(C)C)C(=O)OC(C)(C)C.Cc1cc(=O)c(O)c(O)cc1C(=O)NCc1ccc(Cc2ccccc2)cc1. The number of hydrogen-bond acceptors (Lipinski definition) is 18. The topological polar surface area (TPSA) is 351 Å². The van der Waals surface area contributed by atoms with Crippen LogP contribution in [0.1, 0.15) is 166 Å². The van der Waals surface area contributed by atoms with Crippen molar-refractivity contribution in [1.82, 2.24) is 21.3 Å². The number of aromatic hydroxyl groups is 6. The zero-order chi connectivity index (χ0) is 66.6. The van der Waals surface area contributed by atoms with E-state index in [1.54, 1.807) is 69.2 Å². The molecule has 0 saturated heterocycles. The van der Waals surface area contributed by atoms with Crippen molar-refractivity contribution in [3.8, 4) is 34.5 Å². The molecular formula is C66H84N4O18. The average Bonchev–Trinajstić information content (AvgIpc) is 3.82. The molecule has 0 aliphatic heterocycles. The summed E-state index contributed by atoms with van der Waals surface area (Å²) in [5.74, 6) is -7.43. The Kier molecular flexibility index (Phi) is 26.7. The molecule has 0 aliphatic carbocycles. The third kappa shape index (κ3) is 24.9. The summed E-state index contributed by atoms with van der Waals surface area (Å²) in [5.41, 5.74) is -0.240. The van der Waals surface area contributed by atoms with Gasteiger partial charge in [0.2, 0.25) is 33.5 Å². The van der Waals surface area contributed by atoms with Gasteiger partial charge in [-0.05, 0) is 191 Å². The molecule has 476 valence electrons. The molecule has 0 saturated carbocycles. The molecule has 0 heterocycles. The summed E-state index contributed by atoms with van der Waals surface area (Å²) in [5, 5.41) is 68.6. The summed E-state index contributed by atoms with van der Waals surface area (Å²) in [4.78, 5) is 110. The fourth-order valence-corrected chi connectivity index (χ4v) is 8.11. The molecular weight excluding hydrogens is 1140 g/mol. The van der Waals surface area contributed by atoms with E-state index in [1.165, 1.54) is 25.0 Å². The van der Waals surface area contributed by atoms with Gasteiger partial charge in [-0.25, -0.2) is 14.4 Å². The zero-order valence-electron chi connectivity index (χ0n) is 52.4. The number of alkyl carbamates (subject to hydrolysis) is 1. The Hall–Kier alpha value is -9.47. The van der Waals surface area contributed by atoms with Crippen LogP contribution < -0.4 is 37.6 Å². The van der Waals surface area contributed by atoms with Gasteiger partial charge >= 0.3 is 18.0 Å². The molecule has 0 spiro atoms. The largest absolute Gasteiger partial charge is 0.504 e. The predicted molar refractivity (Wildman–Crippen MR) is 331 cm³/mol. The Morgan fingerprint density at radius 1 is 0.466 bits per heavy atom. The molecule has 0 bridgehead atoms. The minimum Gasteiger partial charge on any atom is -0.504 e. The van der Waals surface area contributed by atoms with Crippen molar-refractivity contribution < 1.29 is 73.6 Å². The Morgan fingerprint density at radius 2 is 0.841 bits per heavy atom. The number of rotatable bonds is 18. The number of hydrogen-bond donors (Lipinski definition) is 10. The number of nitrogens with one attached hydrogen (secondary N) is 4. The van der Waals surface area contributed by atoms with Crippen LogP contribution in [-0.4, -0.2) is 102 Å². The highest BCUT2D eigenvalue weighted by molar-refractivity contribution is 5.99. The van der Waals surface area contributed by atoms with Gasteiger partial charge in [-0.3, -0.25) is 28.8 Å². The number of carbonyl (C=O) groups excluding carboxylic acids is 6. The van der Waals surface area contributed by atoms with Crippen LogP contribution in [0.2, 0.25) is 0 Å². The summed E-state index contributed by atoms with van der Waals surface area (Å²) in [6.07, 6.45) is 1.87. The highest BCUT2D eigenvalue weighted by Crippen LogP contribution is 2.25. The minimum atomic E-state index is -1.01. The van der Waals surface area contributed by atoms with Crippen molar-refractivity contribution in [2.45, 2.75) is 164 Å². The van der Waals surface area contributed by atoms with Crippen molar-refractivity contribution in [1.29, 1.82) is 0 Å². The summed E-state index contributed by atoms with van der Waals surface area (Å²) in [7, 11) is 0. The lowest BCUT2D eigenvalue weighted by molar-refractivity contribution is -0.158. The zero-order valence-corrected chi connectivity index (χ0v) is 52.4. The number of aryl methyl sites for hydroxylation is 3. The predicted octanol–water partition coefficient (Wildman–Crippen LogP) is 8.44. The summed E-state index contributed by atoms with van der Waals surface area (Å²) in [6.45, 7) is 24.6. The van der Waals surface area contributed by atoms with Gasteiger partial charge in [0.1, 0.15) is 28.9 Å². The van der Waals surface area contributed by atoms with E-state index in [4.69, 9.17) is 14.2 Å². The number of amides is 4. The molecule has 5 aromatic carbocycles. The molecule has 0 radical (unpaired) electrons. The number of ether oxygens (including phenoxy) is 3. The first-order valence-electron chi connectivity index (χ1n) is 28.4. The normalized spacial score (nSPS) is 11.9. The molecule has 22 heteroatoms. The smallest absolute Gasteiger partial charge is 0.407 e. The maximum atomic E-state index is 12.9. The van der Waals surface area contributed by atoms with Gasteiger partial charge in [0.25, 0.3) is 17.7 Å². The van der Waals surface area contributed by atoms with Crippen LogP contribution >= 0.6 is 0 Å². The Morgan fingerprint density at radius 3 is 1.25 bits per heavy atom. The van der Waals surface area contributed by atoms with Crippen molar-refractivity contribution in [2.75, 3.05) is 6.54 Å². The number of esters is 2.